The van der Waals surface area contributed by atoms with Gasteiger partial charge in [0, 0.05) is 16.5 Å². The molecule has 0 fully saturated rings. The topological polar surface area (TPSA) is 69.1 Å². The average molecular weight is 238 g/mol. The van der Waals surface area contributed by atoms with Crippen molar-refractivity contribution in [1.82, 2.24) is 5.16 Å². The number of amides is 1. The zero-order chi connectivity index (χ0) is 12.5. The zero-order valence-electron chi connectivity index (χ0n) is 9.46. The van der Waals surface area contributed by atoms with Crippen LogP contribution in [-0.2, 0) is 0 Å². The van der Waals surface area contributed by atoms with Crippen molar-refractivity contribution in [2.45, 2.75) is 0 Å². The largest absolute Gasteiger partial charge is 0.366 e. The highest BCUT2D eigenvalue weighted by molar-refractivity contribution is 6.03. The maximum Gasteiger partial charge on any atom is 0.249 e. The summed E-state index contributed by atoms with van der Waals surface area (Å²) in [5.74, 6) is -0.474. The first-order chi connectivity index (χ1) is 8.77. The molecular weight excluding hydrogens is 228 g/mol. The number of benzene rings is 2. The lowest BCUT2D eigenvalue weighted by Crippen LogP contribution is -2.12. The molecule has 0 bridgehead atoms. The summed E-state index contributed by atoms with van der Waals surface area (Å²) < 4.78 is 5.24. The summed E-state index contributed by atoms with van der Waals surface area (Å²) in [6.45, 7) is 0. The van der Waals surface area contributed by atoms with Gasteiger partial charge in [-0.3, -0.25) is 4.79 Å². The Morgan fingerprint density at radius 2 is 1.78 bits per heavy atom. The molecule has 0 spiro atoms. The molecule has 1 aromatic heterocycles. The number of hydrogen-bond acceptors (Lipinski definition) is 3. The molecule has 0 aliphatic rings. The highest BCUT2D eigenvalue weighted by atomic mass is 16.5. The van der Waals surface area contributed by atoms with E-state index in [1.54, 1.807) is 12.1 Å². The summed E-state index contributed by atoms with van der Waals surface area (Å²) in [7, 11) is 0. The summed E-state index contributed by atoms with van der Waals surface area (Å²) in [6, 6.07) is 14.6. The van der Waals surface area contributed by atoms with Gasteiger partial charge in [-0.25, -0.2) is 0 Å². The van der Waals surface area contributed by atoms with Gasteiger partial charge in [0.2, 0.25) is 5.91 Å². The van der Waals surface area contributed by atoms with E-state index < -0.39 is 5.91 Å². The van der Waals surface area contributed by atoms with E-state index in [-0.39, 0.29) is 0 Å². The summed E-state index contributed by atoms with van der Waals surface area (Å²) in [6.07, 6.45) is 0. The zero-order valence-corrected chi connectivity index (χ0v) is 9.46. The Bertz CT molecular complexity index is 731. The second-order valence-corrected chi connectivity index (χ2v) is 3.94. The fourth-order valence-corrected chi connectivity index (χ4v) is 1.98. The van der Waals surface area contributed by atoms with Crippen molar-refractivity contribution < 1.29 is 9.32 Å². The Morgan fingerprint density at radius 3 is 2.61 bits per heavy atom. The van der Waals surface area contributed by atoms with Crippen LogP contribution in [0.5, 0.6) is 0 Å². The van der Waals surface area contributed by atoms with E-state index in [1.807, 2.05) is 36.4 Å². The number of nitrogens with two attached hydrogens (primary N) is 1. The normalized spacial score (nSPS) is 10.7. The van der Waals surface area contributed by atoms with E-state index >= 15 is 0 Å². The van der Waals surface area contributed by atoms with Gasteiger partial charge >= 0.3 is 0 Å². The number of para-hydroxylation sites is 1. The number of carbonyl (C=O) groups is 1. The van der Waals surface area contributed by atoms with E-state index in [0.29, 0.717) is 22.4 Å². The van der Waals surface area contributed by atoms with Crippen molar-refractivity contribution in [1.29, 1.82) is 0 Å². The van der Waals surface area contributed by atoms with Crippen LogP contribution in [0.4, 0.5) is 0 Å². The molecule has 3 aromatic rings. The van der Waals surface area contributed by atoms with Gasteiger partial charge in [0.15, 0.2) is 5.58 Å². The molecule has 88 valence electrons. The van der Waals surface area contributed by atoms with E-state index in [4.69, 9.17) is 10.3 Å². The molecule has 0 atom stereocenters. The van der Waals surface area contributed by atoms with E-state index in [9.17, 15) is 4.79 Å². The smallest absolute Gasteiger partial charge is 0.249 e. The maximum absolute atomic E-state index is 11.4. The summed E-state index contributed by atoms with van der Waals surface area (Å²) in [5, 5.41) is 4.89. The summed E-state index contributed by atoms with van der Waals surface area (Å²) in [4.78, 5) is 11.4. The summed E-state index contributed by atoms with van der Waals surface area (Å²) >= 11 is 0. The first-order valence-corrected chi connectivity index (χ1v) is 5.51. The quantitative estimate of drug-likeness (QED) is 0.746. The lowest BCUT2D eigenvalue weighted by atomic mass is 10.0. The number of primary amides is 1. The lowest BCUT2D eigenvalue weighted by molar-refractivity contribution is 0.100. The molecule has 0 saturated carbocycles. The lowest BCUT2D eigenvalue weighted by Gasteiger charge is -2.02. The Morgan fingerprint density at radius 1 is 1.06 bits per heavy atom. The molecule has 2 aromatic carbocycles. The number of hydrogen-bond donors (Lipinski definition) is 1. The number of aromatic nitrogens is 1. The molecule has 0 radical (unpaired) electrons. The van der Waals surface area contributed by atoms with Crippen molar-refractivity contribution in [3.63, 3.8) is 0 Å². The maximum atomic E-state index is 11.4. The van der Waals surface area contributed by atoms with Crippen molar-refractivity contribution in [3.8, 4) is 11.3 Å². The highest BCUT2D eigenvalue weighted by Gasteiger charge is 2.15. The molecule has 0 unspecified atom stereocenters. The van der Waals surface area contributed by atoms with Crippen LogP contribution in [0.15, 0.2) is 53.1 Å². The molecule has 4 heteroatoms. The standard InChI is InChI=1S/C14H10N2O2/c15-14(17)10-6-2-1-5-9(10)13-11-7-3-4-8-12(11)18-16-13/h1-8H,(H2,15,17). The van der Waals surface area contributed by atoms with Gasteiger partial charge in [0.25, 0.3) is 0 Å². The molecule has 0 aliphatic carbocycles. The van der Waals surface area contributed by atoms with Gasteiger partial charge < -0.3 is 10.3 Å². The predicted octanol–water partition coefficient (Wildman–Crippen LogP) is 2.59. The van der Waals surface area contributed by atoms with Crippen molar-refractivity contribution in [2.75, 3.05) is 0 Å². The Labute approximate surface area is 103 Å². The highest BCUT2D eigenvalue weighted by Crippen LogP contribution is 2.29. The van der Waals surface area contributed by atoms with Crippen LogP contribution in [0, 0.1) is 0 Å². The second-order valence-electron chi connectivity index (χ2n) is 3.94. The predicted molar refractivity (Wildman–Crippen MR) is 68.0 cm³/mol. The molecule has 1 heterocycles. The molecule has 3 rings (SSSR count). The number of nitrogens with zero attached hydrogens (tertiary/aromatic N) is 1. The van der Waals surface area contributed by atoms with Crippen molar-refractivity contribution in [3.05, 3.63) is 54.1 Å². The Balaban J connectivity index is 2.30. The average Bonchev–Trinajstić information content (AvgIpc) is 2.82. The molecule has 0 aliphatic heterocycles. The van der Waals surface area contributed by atoms with Crippen LogP contribution in [0.25, 0.3) is 22.2 Å². The minimum atomic E-state index is -0.474. The van der Waals surface area contributed by atoms with Crippen LogP contribution in [0.2, 0.25) is 0 Å². The van der Waals surface area contributed by atoms with Crippen LogP contribution < -0.4 is 5.73 Å². The van der Waals surface area contributed by atoms with Crippen molar-refractivity contribution in [2.24, 2.45) is 5.73 Å². The molecule has 4 nitrogen and oxygen atoms in total. The minimum absolute atomic E-state index is 0.441. The summed E-state index contributed by atoms with van der Waals surface area (Å²) in [5.41, 5.74) is 7.82. The Kier molecular flexibility index (Phi) is 2.34. The van der Waals surface area contributed by atoms with Crippen LogP contribution in [0.1, 0.15) is 10.4 Å². The first kappa shape index (κ1) is 10.5. The second kappa shape index (κ2) is 4.00. The van der Waals surface area contributed by atoms with Crippen molar-refractivity contribution >= 4 is 16.9 Å². The van der Waals surface area contributed by atoms with Gasteiger partial charge in [-0.1, -0.05) is 35.5 Å². The number of rotatable bonds is 2. The van der Waals surface area contributed by atoms with Crippen LogP contribution in [0.3, 0.4) is 0 Å². The number of carbonyl (C=O) groups excluding carboxylic acids is 1. The molecule has 1 amide bonds. The van der Waals surface area contributed by atoms with Gasteiger partial charge in [0.1, 0.15) is 5.69 Å². The van der Waals surface area contributed by atoms with Gasteiger partial charge in [-0.05, 0) is 18.2 Å². The Hall–Kier alpha value is -2.62. The van der Waals surface area contributed by atoms with Crippen LogP contribution in [-0.4, -0.2) is 11.1 Å². The molecule has 2 N–H and O–H groups in total. The first-order valence-electron chi connectivity index (χ1n) is 5.51. The number of fused-ring (bicyclic) bond motifs is 1. The monoisotopic (exact) mass is 238 g/mol. The van der Waals surface area contributed by atoms with E-state index in [0.717, 1.165) is 5.39 Å². The van der Waals surface area contributed by atoms with E-state index in [2.05, 4.69) is 5.16 Å². The minimum Gasteiger partial charge on any atom is -0.366 e. The third-order valence-corrected chi connectivity index (χ3v) is 2.83. The van der Waals surface area contributed by atoms with Gasteiger partial charge in [-0.15, -0.1) is 0 Å². The third kappa shape index (κ3) is 1.55. The molecular formula is C14H10N2O2. The van der Waals surface area contributed by atoms with Crippen LogP contribution >= 0.6 is 0 Å². The molecule has 0 saturated heterocycles. The third-order valence-electron chi connectivity index (χ3n) is 2.83. The fraction of sp³-hybridized carbons (Fsp3) is 0. The molecule has 18 heavy (non-hydrogen) atoms. The van der Waals surface area contributed by atoms with E-state index in [1.165, 1.54) is 0 Å². The fourth-order valence-electron chi connectivity index (χ4n) is 1.98. The van der Waals surface area contributed by atoms with Gasteiger partial charge in [0.05, 0.1) is 0 Å². The SMILES string of the molecule is NC(=O)c1ccccc1-c1noc2ccccc12. The van der Waals surface area contributed by atoms with Gasteiger partial charge in [-0.2, -0.15) is 0 Å².